The van der Waals surface area contributed by atoms with Gasteiger partial charge >= 0.3 is 5.97 Å². The lowest BCUT2D eigenvalue weighted by Crippen LogP contribution is -2.06. The van der Waals surface area contributed by atoms with Crippen LogP contribution in [-0.4, -0.2) is 20.9 Å². The van der Waals surface area contributed by atoms with E-state index in [-0.39, 0.29) is 11.3 Å². The Bertz CT molecular complexity index is 731. The number of hydrogen-bond donors (Lipinski definition) is 1. The second-order valence-corrected chi connectivity index (χ2v) is 4.78. The molecule has 1 aromatic carbocycles. The maximum Gasteiger partial charge on any atom is 0.328 e. The van der Waals surface area contributed by atoms with Gasteiger partial charge in [-0.15, -0.1) is 0 Å². The van der Waals surface area contributed by atoms with Crippen LogP contribution in [0.4, 0.5) is 8.78 Å². The van der Waals surface area contributed by atoms with E-state index >= 15 is 0 Å². The second kappa shape index (κ2) is 5.65. The fourth-order valence-electron chi connectivity index (χ4n) is 1.89. The van der Waals surface area contributed by atoms with E-state index in [1.54, 1.807) is 13.8 Å². The van der Waals surface area contributed by atoms with Crippen LogP contribution in [0.2, 0.25) is 5.02 Å². The van der Waals surface area contributed by atoms with Crippen LogP contribution in [0, 0.1) is 25.5 Å². The first-order valence-corrected chi connectivity index (χ1v) is 6.31. The van der Waals surface area contributed by atoms with Crippen LogP contribution >= 0.6 is 11.6 Å². The van der Waals surface area contributed by atoms with Gasteiger partial charge in [-0.2, -0.15) is 5.10 Å². The van der Waals surface area contributed by atoms with E-state index < -0.39 is 17.6 Å². The molecule has 1 N–H and O–H groups in total. The number of halogens is 3. The van der Waals surface area contributed by atoms with E-state index in [1.807, 2.05) is 0 Å². The molecule has 0 saturated carbocycles. The first-order chi connectivity index (χ1) is 9.81. The van der Waals surface area contributed by atoms with Crippen molar-refractivity contribution in [2.75, 3.05) is 0 Å². The number of carbonyl (C=O) groups is 1. The molecule has 0 saturated heterocycles. The Morgan fingerprint density at radius 1 is 1.33 bits per heavy atom. The average molecular weight is 313 g/mol. The molecule has 0 amide bonds. The van der Waals surface area contributed by atoms with Crippen LogP contribution in [0.3, 0.4) is 0 Å². The van der Waals surface area contributed by atoms with Crippen molar-refractivity contribution in [2.45, 2.75) is 13.8 Å². The van der Waals surface area contributed by atoms with Gasteiger partial charge in [0.05, 0.1) is 16.4 Å². The molecule has 0 bridgehead atoms. The molecular weight excluding hydrogens is 302 g/mol. The molecule has 2 aromatic rings. The molecule has 7 heteroatoms. The number of benzene rings is 1. The van der Waals surface area contributed by atoms with Crippen molar-refractivity contribution in [3.8, 4) is 5.69 Å². The van der Waals surface area contributed by atoms with Gasteiger partial charge in [0.2, 0.25) is 0 Å². The molecule has 0 radical (unpaired) electrons. The highest BCUT2D eigenvalue weighted by molar-refractivity contribution is 6.31. The monoisotopic (exact) mass is 312 g/mol. The maximum atomic E-state index is 14.1. The summed E-state index contributed by atoms with van der Waals surface area (Å²) in [7, 11) is 0. The van der Waals surface area contributed by atoms with Gasteiger partial charge in [-0.1, -0.05) is 11.6 Å². The van der Waals surface area contributed by atoms with Gasteiger partial charge in [0, 0.05) is 6.08 Å². The normalized spacial score (nSPS) is 11.3. The molecule has 0 aliphatic heterocycles. The van der Waals surface area contributed by atoms with Crippen LogP contribution in [0.1, 0.15) is 17.0 Å². The standard InChI is InChI=1S/C14H11ClF2N2O2/c1-7-13(15)8(2)19(18-7)14-10(16)5-9(6-11(14)17)3-4-12(20)21/h3-6H,1-2H3,(H,20,21). The van der Waals surface area contributed by atoms with Gasteiger partial charge in [-0.3, -0.25) is 0 Å². The summed E-state index contributed by atoms with van der Waals surface area (Å²) in [6, 6.07) is 2.06. The summed E-state index contributed by atoms with van der Waals surface area (Å²) in [5, 5.41) is 12.8. The fourth-order valence-corrected chi connectivity index (χ4v) is 2.01. The largest absolute Gasteiger partial charge is 0.478 e. The number of rotatable bonds is 3. The third-order valence-corrected chi connectivity index (χ3v) is 3.42. The minimum Gasteiger partial charge on any atom is -0.478 e. The summed E-state index contributed by atoms with van der Waals surface area (Å²) in [6.45, 7) is 3.23. The first-order valence-electron chi connectivity index (χ1n) is 5.93. The minimum absolute atomic E-state index is 0.101. The van der Waals surface area contributed by atoms with E-state index in [0.717, 1.165) is 29.0 Å². The Hall–Kier alpha value is -2.21. The van der Waals surface area contributed by atoms with E-state index in [2.05, 4.69) is 5.10 Å². The average Bonchev–Trinajstić information content (AvgIpc) is 2.64. The van der Waals surface area contributed by atoms with Crippen molar-refractivity contribution in [3.05, 3.63) is 51.8 Å². The van der Waals surface area contributed by atoms with Gasteiger partial charge in [-0.25, -0.2) is 18.3 Å². The van der Waals surface area contributed by atoms with Gasteiger partial charge in [0.25, 0.3) is 0 Å². The first kappa shape index (κ1) is 15.2. The minimum atomic E-state index is -1.20. The Labute approximate surface area is 124 Å². The van der Waals surface area contributed by atoms with Crippen LogP contribution in [0.5, 0.6) is 0 Å². The SMILES string of the molecule is Cc1nn(-c2c(F)cc(C=CC(=O)O)cc2F)c(C)c1Cl. The highest BCUT2D eigenvalue weighted by Gasteiger charge is 2.18. The lowest BCUT2D eigenvalue weighted by molar-refractivity contribution is -0.131. The van der Waals surface area contributed by atoms with Crippen molar-refractivity contribution in [3.63, 3.8) is 0 Å². The third kappa shape index (κ3) is 2.95. The molecule has 4 nitrogen and oxygen atoms in total. The third-order valence-electron chi connectivity index (χ3n) is 2.87. The number of hydrogen-bond acceptors (Lipinski definition) is 2. The quantitative estimate of drug-likeness (QED) is 0.882. The number of carboxylic acids is 1. The Morgan fingerprint density at radius 2 is 1.90 bits per heavy atom. The summed E-state index contributed by atoms with van der Waals surface area (Å²) in [5.41, 5.74) is 0.627. The van der Waals surface area contributed by atoms with Crippen molar-refractivity contribution in [1.29, 1.82) is 0 Å². The second-order valence-electron chi connectivity index (χ2n) is 4.40. The zero-order valence-electron chi connectivity index (χ0n) is 11.2. The van der Waals surface area contributed by atoms with Crippen LogP contribution in [0.15, 0.2) is 18.2 Å². The molecule has 2 rings (SSSR count). The molecule has 1 heterocycles. The molecule has 0 aliphatic rings. The zero-order chi connectivity index (χ0) is 15.7. The summed E-state index contributed by atoms with van der Waals surface area (Å²) < 4.78 is 29.3. The predicted octanol–water partition coefficient (Wildman–Crippen LogP) is 3.52. The molecular formula is C14H11ClF2N2O2. The summed E-state index contributed by atoms with van der Waals surface area (Å²) in [4.78, 5) is 10.4. The Balaban J connectivity index is 2.56. The molecule has 0 aliphatic carbocycles. The number of aliphatic carboxylic acids is 1. The van der Waals surface area contributed by atoms with Crippen LogP contribution in [-0.2, 0) is 4.79 Å². The lowest BCUT2D eigenvalue weighted by Gasteiger charge is -2.08. The van der Waals surface area contributed by atoms with Gasteiger partial charge < -0.3 is 5.11 Å². The lowest BCUT2D eigenvalue weighted by atomic mass is 10.1. The maximum absolute atomic E-state index is 14.1. The van der Waals surface area contributed by atoms with Crippen molar-refractivity contribution in [2.24, 2.45) is 0 Å². The fraction of sp³-hybridized carbons (Fsp3) is 0.143. The molecule has 1 aromatic heterocycles. The van der Waals surface area contributed by atoms with E-state index in [0.29, 0.717) is 16.4 Å². The Kier molecular flexibility index (Phi) is 4.09. The molecule has 0 spiro atoms. The Morgan fingerprint density at radius 3 is 2.33 bits per heavy atom. The number of carboxylic acid groups (broad SMARTS) is 1. The molecule has 0 atom stereocenters. The molecule has 110 valence electrons. The molecule has 0 unspecified atom stereocenters. The number of aryl methyl sites for hydroxylation is 1. The number of aromatic nitrogens is 2. The smallest absolute Gasteiger partial charge is 0.328 e. The summed E-state index contributed by atoms with van der Waals surface area (Å²) in [5.74, 6) is -2.92. The molecule has 0 fully saturated rings. The highest BCUT2D eigenvalue weighted by Crippen LogP contribution is 2.26. The molecule has 21 heavy (non-hydrogen) atoms. The van der Waals surface area contributed by atoms with E-state index in [9.17, 15) is 13.6 Å². The van der Waals surface area contributed by atoms with Gasteiger partial charge in [0.15, 0.2) is 11.6 Å². The van der Waals surface area contributed by atoms with Crippen molar-refractivity contribution < 1.29 is 18.7 Å². The predicted molar refractivity (Wildman–Crippen MR) is 74.6 cm³/mol. The van der Waals surface area contributed by atoms with Crippen molar-refractivity contribution in [1.82, 2.24) is 9.78 Å². The van der Waals surface area contributed by atoms with E-state index in [4.69, 9.17) is 16.7 Å². The number of nitrogens with zero attached hydrogens (tertiary/aromatic N) is 2. The van der Waals surface area contributed by atoms with Crippen molar-refractivity contribution >= 4 is 23.6 Å². The summed E-state index contributed by atoms with van der Waals surface area (Å²) >= 11 is 5.96. The topological polar surface area (TPSA) is 55.1 Å². The van der Waals surface area contributed by atoms with Crippen LogP contribution in [0.25, 0.3) is 11.8 Å². The van der Waals surface area contributed by atoms with Gasteiger partial charge in [0.1, 0.15) is 5.69 Å². The zero-order valence-corrected chi connectivity index (χ0v) is 11.9. The van der Waals surface area contributed by atoms with E-state index in [1.165, 1.54) is 0 Å². The summed E-state index contributed by atoms with van der Waals surface area (Å²) in [6.07, 6.45) is 1.90. The van der Waals surface area contributed by atoms with Crippen LogP contribution < -0.4 is 0 Å². The van der Waals surface area contributed by atoms with Gasteiger partial charge in [-0.05, 0) is 37.6 Å². The highest BCUT2D eigenvalue weighted by atomic mass is 35.5.